The highest BCUT2D eigenvalue weighted by Crippen LogP contribution is 2.52. The largest absolute Gasteiger partial charge is 0.418 e. The minimum Gasteiger partial charge on any atom is -0.166 e. The number of hydrogen-bond acceptors (Lipinski definition) is 2. The molecule has 0 aromatic heterocycles. The van der Waals surface area contributed by atoms with Gasteiger partial charge in [-0.05, 0) is 24.3 Å². The molecule has 0 bridgehead atoms. The van der Waals surface area contributed by atoms with E-state index in [1.165, 1.54) is 0 Å². The third-order valence-electron chi connectivity index (χ3n) is 3.45. The third-order valence-corrected chi connectivity index (χ3v) is 5.90. The highest BCUT2D eigenvalue weighted by molar-refractivity contribution is 8.76. The summed E-state index contributed by atoms with van der Waals surface area (Å²) in [4.78, 5) is -2.21. The predicted octanol–water partition coefficient (Wildman–Crippen LogP) is 8.56. The van der Waals surface area contributed by atoms with Crippen molar-refractivity contribution in [2.45, 2.75) is 34.5 Å². The minimum atomic E-state index is -5.52. The number of alkyl halides is 12. The van der Waals surface area contributed by atoms with Gasteiger partial charge in [-0.15, -0.1) is 0 Å². The summed E-state index contributed by atoms with van der Waals surface area (Å²) >= 11 is 0. The summed E-state index contributed by atoms with van der Waals surface area (Å²) in [7, 11) is -0.328. The third kappa shape index (κ3) is 5.50. The van der Waals surface area contributed by atoms with Crippen LogP contribution in [0.5, 0.6) is 0 Å². The van der Waals surface area contributed by atoms with Gasteiger partial charge in [-0.3, -0.25) is 0 Å². The molecule has 0 radical (unpaired) electrons. The first-order valence-corrected chi connectivity index (χ1v) is 9.48. The van der Waals surface area contributed by atoms with E-state index in [0.717, 1.165) is 0 Å². The van der Waals surface area contributed by atoms with Crippen LogP contribution in [0.25, 0.3) is 0 Å². The van der Waals surface area contributed by atoms with Crippen LogP contribution in [0.3, 0.4) is 0 Å². The zero-order valence-corrected chi connectivity index (χ0v) is 15.4. The summed E-state index contributed by atoms with van der Waals surface area (Å²) in [6.07, 6.45) is -21.9. The van der Waals surface area contributed by atoms with E-state index in [1.54, 1.807) is 0 Å². The van der Waals surface area contributed by atoms with Crippen LogP contribution in [0.2, 0.25) is 0 Å². The second-order valence-corrected chi connectivity index (χ2v) is 7.73. The van der Waals surface area contributed by atoms with Gasteiger partial charge in [0.15, 0.2) is 0 Å². The van der Waals surface area contributed by atoms with E-state index in [-0.39, 0.29) is 33.7 Å². The second kappa shape index (κ2) is 8.09. The van der Waals surface area contributed by atoms with E-state index in [4.69, 9.17) is 0 Å². The van der Waals surface area contributed by atoms with Crippen LogP contribution in [0.15, 0.2) is 46.2 Å². The zero-order chi connectivity index (χ0) is 23.1. The summed E-state index contributed by atoms with van der Waals surface area (Å²) < 4.78 is 157. The molecule has 0 saturated carbocycles. The second-order valence-electron chi connectivity index (χ2n) is 5.52. The molecule has 30 heavy (non-hydrogen) atoms. The van der Waals surface area contributed by atoms with Crippen molar-refractivity contribution in [2.75, 3.05) is 0 Å². The van der Waals surface area contributed by atoms with Gasteiger partial charge in [0, 0.05) is 9.79 Å². The lowest BCUT2D eigenvalue weighted by Gasteiger charge is -2.20. The molecule has 0 aliphatic carbocycles. The molecule has 0 fully saturated rings. The van der Waals surface area contributed by atoms with Crippen molar-refractivity contribution in [1.82, 2.24) is 0 Å². The Labute approximate surface area is 168 Å². The Morgan fingerprint density at radius 1 is 0.433 bits per heavy atom. The van der Waals surface area contributed by atoms with Crippen LogP contribution in [-0.4, -0.2) is 0 Å². The normalized spacial score (nSPS) is 13.6. The van der Waals surface area contributed by atoms with E-state index in [0.29, 0.717) is 24.3 Å². The van der Waals surface area contributed by atoms with Crippen molar-refractivity contribution < 1.29 is 52.7 Å². The zero-order valence-electron chi connectivity index (χ0n) is 13.8. The van der Waals surface area contributed by atoms with E-state index < -0.39 is 56.7 Å². The first-order valence-electron chi connectivity index (χ1n) is 7.33. The van der Waals surface area contributed by atoms with Crippen LogP contribution >= 0.6 is 21.6 Å². The van der Waals surface area contributed by atoms with E-state index >= 15 is 0 Å². The molecule has 0 nitrogen and oxygen atoms in total. The summed E-state index contributed by atoms with van der Waals surface area (Å²) in [5.41, 5.74) is -8.42. The molecule has 166 valence electrons. The molecule has 0 aliphatic heterocycles. The van der Waals surface area contributed by atoms with Crippen molar-refractivity contribution in [3.63, 3.8) is 0 Å². The molecule has 0 N–H and O–H groups in total. The Balaban J connectivity index is 2.56. The maximum Gasteiger partial charge on any atom is 0.418 e. The average molecular weight is 490 g/mol. The standard InChI is InChI=1S/C16H6F12S2/c17-13(18,19)7-3-1-5-9(11(7)15(23,24)25)29-30-10-6-2-4-8(14(20,21)22)12(10)16(26,27)28/h1-6H. The SMILES string of the molecule is FC(F)(F)c1cccc(SSc2cccc(C(F)(F)F)c2C(F)(F)F)c1C(F)(F)F. The molecule has 0 unspecified atom stereocenters. The van der Waals surface area contributed by atoms with Crippen molar-refractivity contribution >= 4 is 21.6 Å². The molecular weight excluding hydrogens is 484 g/mol. The van der Waals surface area contributed by atoms with Crippen molar-refractivity contribution in [3.8, 4) is 0 Å². The average Bonchev–Trinajstić information content (AvgIpc) is 2.56. The molecule has 0 atom stereocenters. The van der Waals surface area contributed by atoms with Gasteiger partial charge in [0.25, 0.3) is 0 Å². The Kier molecular flexibility index (Phi) is 6.63. The fourth-order valence-electron chi connectivity index (χ4n) is 2.35. The topological polar surface area (TPSA) is 0 Å². The van der Waals surface area contributed by atoms with E-state index in [9.17, 15) is 52.7 Å². The Morgan fingerprint density at radius 3 is 0.967 bits per heavy atom. The van der Waals surface area contributed by atoms with Gasteiger partial charge < -0.3 is 0 Å². The Morgan fingerprint density at radius 2 is 0.733 bits per heavy atom. The van der Waals surface area contributed by atoms with Crippen molar-refractivity contribution in [2.24, 2.45) is 0 Å². The maximum absolute atomic E-state index is 13.2. The smallest absolute Gasteiger partial charge is 0.166 e. The van der Waals surface area contributed by atoms with Gasteiger partial charge in [0.05, 0.1) is 22.3 Å². The Hall–Kier alpha value is -1.70. The fourth-order valence-corrected chi connectivity index (χ4v) is 4.79. The van der Waals surface area contributed by atoms with E-state index in [2.05, 4.69) is 0 Å². The molecule has 2 aromatic rings. The fraction of sp³-hybridized carbons (Fsp3) is 0.250. The monoisotopic (exact) mass is 490 g/mol. The molecule has 2 aromatic carbocycles. The molecule has 2 rings (SSSR count). The van der Waals surface area contributed by atoms with Gasteiger partial charge >= 0.3 is 24.7 Å². The molecule has 0 spiro atoms. The first-order chi connectivity index (χ1) is 13.4. The van der Waals surface area contributed by atoms with Crippen LogP contribution in [0.1, 0.15) is 22.3 Å². The predicted molar refractivity (Wildman–Crippen MR) is 84.6 cm³/mol. The van der Waals surface area contributed by atoms with Crippen LogP contribution in [0, 0.1) is 0 Å². The quantitative estimate of drug-likeness (QED) is 0.312. The summed E-state index contributed by atoms with van der Waals surface area (Å²) in [6.45, 7) is 0. The molecule has 0 amide bonds. The molecule has 14 heteroatoms. The lowest BCUT2D eigenvalue weighted by atomic mass is 10.1. The van der Waals surface area contributed by atoms with Crippen LogP contribution in [0.4, 0.5) is 52.7 Å². The summed E-state index contributed by atoms with van der Waals surface area (Å²) in [6, 6.07) is 2.66. The first kappa shape index (κ1) is 24.6. The molecule has 0 heterocycles. The minimum absolute atomic E-state index is 0.142. The number of rotatable bonds is 3. The highest BCUT2D eigenvalue weighted by atomic mass is 33.1. The number of benzene rings is 2. The summed E-state index contributed by atoms with van der Waals surface area (Å²) in [5, 5.41) is 0. The lowest BCUT2D eigenvalue weighted by Crippen LogP contribution is -2.18. The van der Waals surface area contributed by atoms with E-state index in [1.807, 2.05) is 0 Å². The lowest BCUT2D eigenvalue weighted by molar-refractivity contribution is -0.163. The molecule has 0 saturated heterocycles. The van der Waals surface area contributed by atoms with Crippen LogP contribution < -0.4 is 0 Å². The summed E-state index contributed by atoms with van der Waals surface area (Å²) in [5.74, 6) is 0. The number of halogens is 12. The van der Waals surface area contributed by atoms with Gasteiger partial charge in [-0.1, -0.05) is 33.7 Å². The Bertz CT molecular complexity index is 831. The van der Waals surface area contributed by atoms with Crippen molar-refractivity contribution in [3.05, 3.63) is 58.7 Å². The molecule has 0 aliphatic rings. The van der Waals surface area contributed by atoms with Crippen LogP contribution in [-0.2, 0) is 24.7 Å². The molecular formula is C16H6F12S2. The van der Waals surface area contributed by atoms with Gasteiger partial charge in [0.2, 0.25) is 0 Å². The number of hydrogen-bond donors (Lipinski definition) is 0. The van der Waals surface area contributed by atoms with Gasteiger partial charge in [-0.25, -0.2) is 0 Å². The maximum atomic E-state index is 13.2. The van der Waals surface area contributed by atoms with Gasteiger partial charge in [0.1, 0.15) is 0 Å². The van der Waals surface area contributed by atoms with Gasteiger partial charge in [-0.2, -0.15) is 52.7 Å². The van der Waals surface area contributed by atoms with Crippen molar-refractivity contribution in [1.29, 1.82) is 0 Å². The highest BCUT2D eigenvalue weighted by Gasteiger charge is 2.46.